The van der Waals surface area contributed by atoms with E-state index in [2.05, 4.69) is 15.5 Å². The summed E-state index contributed by atoms with van der Waals surface area (Å²) in [6.07, 6.45) is 0.694. The molecule has 1 aromatic carbocycles. The van der Waals surface area contributed by atoms with Gasteiger partial charge in [-0.1, -0.05) is 45.9 Å². The van der Waals surface area contributed by atoms with Crippen LogP contribution in [-0.4, -0.2) is 38.0 Å². The van der Waals surface area contributed by atoms with Gasteiger partial charge in [-0.3, -0.25) is 9.59 Å². The number of aromatic nitrogens is 4. The lowest BCUT2D eigenvalue weighted by Gasteiger charge is -2.14. The van der Waals surface area contributed by atoms with Crippen LogP contribution >= 0.6 is 0 Å². The zero-order valence-electron chi connectivity index (χ0n) is 18.7. The Hall–Kier alpha value is -3.75. The van der Waals surface area contributed by atoms with Gasteiger partial charge in [-0.25, -0.2) is 14.2 Å². The lowest BCUT2D eigenvalue weighted by Crippen LogP contribution is -2.26. The van der Waals surface area contributed by atoms with Crippen LogP contribution in [0.1, 0.15) is 50.3 Å². The number of hydrogen-bond donors (Lipinski definition) is 1. The Labute approximate surface area is 186 Å². The van der Waals surface area contributed by atoms with Crippen LogP contribution in [0.4, 0.5) is 5.82 Å². The van der Waals surface area contributed by atoms with Gasteiger partial charge in [0.1, 0.15) is 5.82 Å². The molecule has 2 aromatic heterocycles. The van der Waals surface area contributed by atoms with Crippen LogP contribution in [0.15, 0.2) is 53.3 Å². The van der Waals surface area contributed by atoms with E-state index in [0.29, 0.717) is 18.8 Å². The molecule has 3 aromatic rings. The third-order valence-corrected chi connectivity index (χ3v) is 4.59. The molecule has 0 fully saturated rings. The molecule has 0 unspecified atom stereocenters. The van der Waals surface area contributed by atoms with Crippen molar-refractivity contribution < 1.29 is 14.3 Å². The Bertz CT molecular complexity index is 1160. The standard InChI is InChI=1S/C23H27N5O4/c1-5-13-27-21(30)12-11-17(25-27)22(31)32-15-20(29)24-19-14-18(23(2,3)4)26-28(19)16-9-7-6-8-10-16/h6-12,14H,5,13,15H2,1-4H3,(H,24,29). The molecule has 0 aliphatic heterocycles. The highest BCUT2D eigenvalue weighted by Crippen LogP contribution is 2.26. The highest BCUT2D eigenvalue weighted by molar-refractivity contribution is 5.94. The fraction of sp³-hybridized carbons (Fsp3) is 0.348. The van der Waals surface area contributed by atoms with E-state index in [1.807, 2.05) is 58.0 Å². The maximum atomic E-state index is 12.5. The van der Waals surface area contributed by atoms with Gasteiger partial charge in [0.15, 0.2) is 12.3 Å². The number of carbonyl (C=O) groups excluding carboxylic acids is 2. The van der Waals surface area contributed by atoms with E-state index in [0.717, 1.165) is 11.4 Å². The number of ether oxygens (including phenoxy) is 1. The normalized spacial score (nSPS) is 11.2. The fourth-order valence-electron chi connectivity index (χ4n) is 2.92. The molecule has 3 rings (SSSR count). The van der Waals surface area contributed by atoms with E-state index >= 15 is 0 Å². The maximum absolute atomic E-state index is 12.5. The van der Waals surface area contributed by atoms with Crippen LogP contribution in [0.2, 0.25) is 0 Å². The Morgan fingerprint density at radius 1 is 1.06 bits per heavy atom. The van der Waals surface area contributed by atoms with Crippen LogP contribution in [-0.2, 0) is 21.5 Å². The van der Waals surface area contributed by atoms with Crippen molar-refractivity contribution in [3.63, 3.8) is 0 Å². The molecular weight excluding hydrogens is 410 g/mol. The predicted octanol–water partition coefficient (Wildman–Crippen LogP) is 2.93. The number of nitrogens with zero attached hydrogens (tertiary/aromatic N) is 4. The first-order chi connectivity index (χ1) is 15.2. The number of carbonyl (C=O) groups is 2. The summed E-state index contributed by atoms with van der Waals surface area (Å²) < 4.78 is 7.94. The second-order valence-corrected chi connectivity index (χ2v) is 8.32. The Morgan fingerprint density at radius 3 is 2.44 bits per heavy atom. The number of amides is 1. The van der Waals surface area contributed by atoms with Gasteiger partial charge in [0.05, 0.1) is 11.4 Å². The minimum Gasteiger partial charge on any atom is -0.451 e. The lowest BCUT2D eigenvalue weighted by atomic mass is 9.92. The summed E-state index contributed by atoms with van der Waals surface area (Å²) in [5.41, 5.74) is 1.04. The first-order valence-electron chi connectivity index (χ1n) is 10.4. The number of benzene rings is 1. The molecule has 0 aliphatic carbocycles. The van der Waals surface area contributed by atoms with Crippen molar-refractivity contribution in [1.29, 1.82) is 0 Å². The SMILES string of the molecule is CCCn1nc(C(=O)OCC(=O)Nc2cc(C(C)(C)C)nn2-c2ccccc2)ccc1=O. The van der Waals surface area contributed by atoms with Crippen molar-refractivity contribution in [2.75, 3.05) is 11.9 Å². The molecule has 9 nitrogen and oxygen atoms in total. The maximum Gasteiger partial charge on any atom is 0.359 e. The number of rotatable bonds is 7. The van der Waals surface area contributed by atoms with Gasteiger partial charge < -0.3 is 10.1 Å². The highest BCUT2D eigenvalue weighted by atomic mass is 16.5. The Morgan fingerprint density at radius 2 is 1.78 bits per heavy atom. The summed E-state index contributed by atoms with van der Waals surface area (Å²) in [5, 5.41) is 11.4. The monoisotopic (exact) mass is 437 g/mol. The molecule has 0 atom stereocenters. The molecule has 2 heterocycles. The molecule has 0 aliphatic rings. The zero-order chi connectivity index (χ0) is 23.3. The van der Waals surface area contributed by atoms with Crippen molar-refractivity contribution in [2.24, 2.45) is 0 Å². The summed E-state index contributed by atoms with van der Waals surface area (Å²) in [7, 11) is 0. The van der Waals surface area contributed by atoms with Gasteiger partial charge in [-0.15, -0.1) is 0 Å². The molecule has 32 heavy (non-hydrogen) atoms. The van der Waals surface area contributed by atoms with Gasteiger partial charge in [0.25, 0.3) is 11.5 Å². The predicted molar refractivity (Wildman–Crippen MR) is 120 cm³/mol. The topological polar surface area (TPSA) is 108 Å². The molecule has 0 bridgehead atoms. The molecule has 0 spiro atoms. The van der Waals surface area contributed by atoms with Crippen molar-refractivity contribution >= 4 is 17.7 Å². The summed E-state index contributed by atoms with van der Waals surface area (Å²) in [4.78, 5) is 36.6. The van der Waals surface area contributed by atoms with Crippen molar-refractivity contribution in [1.82, 2.24) is 19.6 Å². The van der Waals surface area contributed by atoms with E-state index < -0.39 is 18.5 Å². The molecular formula is C23H27N5O4. The number of hydrogen-bond acceptors (Lipinski definition) is 6. The first kappa shape index (κ1) is 22.9. The number of nitrogens with one attached hydrogen (secondary N) is 1. The van der Waals surface area contributed by atoms with Crippen molar-refractivity contribution in [3.05, 3.63) is 70.3 Å². The summed E-state index contributed by atoms with van der Waals surface area (Å²) in [6, 6.07) is 13.8. The van der Waals surface area contributed by atoms with Crippen molar-refractivity contribution in [3.8, 4) is 5.69 Å². The molecule has 9 heteroatoms. The minimum atomic E-state index is -0.781. The van der Waals surface area contributed by atoms with Crippen LogP contribution in [0.3, 0.4) is 0 Å². The van der Waals surface area contributed by atoms with E-state index in [1.54, 1.807) is 10.7 Å². The Balaban J connectivity index is 1.72. The quantitative estimate of drug-likeness (QED) is 0.570. The molecule has 1 N–H and O–H groups in total. The van der Waals surface area contributed by atoms with Gasteiger partial charge in [-0.2, -0.15) is 10.2 Å². The Kier molecular flexibility index (Phi) is 6.87. The van der Waals surface area contributed by atoms with E-state index in [1.165, 1.54) is 16.8 Å². The van der Waals surface area contributed by atoms with Crippen LogP contribution in [0.5, 0.6) is 0 Å². The molecule has 1 amide bonds. The van der Waals surface area contributed by atoms with E-state index in [-0.39, 0.29) is 16.7 Å². The highest BCUT2D eigenvalue weighted by Gasteiger charge is 2.22. The second kappa shape index (κ2) is 9.59. The number of para-hydroxylation sites is 1. The van der Waals surface area contributed by atoms with Crippen LogP contribution in [0.25, 0.3) is 5.69 Å². The average molecular weight is 438 g/mol. The van der Waals surface area contributed by atoms with Crippen molar-refractivity contribution in [2.45, 2.75) is 46.1 Å². The number of anilines is 1. The smallest absolute Gasteiger partial charge is 0.359 e. The van der Waals surface area contributed by atoms with Gasteiger partial charge in [-0.05, 0) is 24.6 Å². The van der Waals surface area contributed by atoms with E-state index in [9.17, 15) is 14.4 Å². The summed E-state index contributed by atoms with van der Waals surface area (Å²) in [5.74, 6) is -0.827. The number of aryl methyl sites for hydroxylation is 1. The zero-order valence-corrected chi connectivity index (χ0v) is 18.7. The molecule has 0 saturated heterocycles. The van der Waals surface area contributed by atoms with Crippen LogP contribution in [0, 0.1) is 0 Å². The third-order valence-electron chi connectivity index (χ3n) is 4.59. The molecule has 0 saturated carbocycles. The average Bonchev–Trinajstić information content (AvgIpc) is 3.18. The van der Waals surface area contributed by atoms with Gasteiger partial charge in [0.2, 0.25) is 0 Å². The second-order valence-electron chi connectivity index (χ2n) is 8.32. The lowest BCUT2D eigenvalue weighted by molar-refractivity contribution is -0.119. The molecule has 0 radical (unpaired) electrons. The van der Waals surface area contributed by atoms with E-state index in [4.69, 9.17) is 4.74 Å². The fourth-order valence-corrected chi connectivity index (χ4v) is 2.92. The first-order valence-corrected chi connectivity index (χ1v) is 10.4. The minimum absolute atomic E-state index is 0.0322. The molecule has 168 valence electrons. The van der Waals surface area contributed by atoms with Crippen LogP contribution < -0.4 is 10.9 Å². The third kappa shape index (κ3) is 5.48. The number of esters is 1. The largest absolute Gasteiger partial charge is 0.451 e. The summed E-state index contributed by atoms with van der Waals surface area (Å²) in [6.45, 7) is 7.88. The summed E-state index contributed by atoms with van der Waals surface area (Å²) >= 11 is 0. The van der Waals surface area contributed by atoms with Gasteiger partial charge in [0, 0.05) is 24.1 Å². The van der Waals surface area contributed by atoms with Gasteiger partial charge >= 0.3 is 5.97 Å².